The third-order valence-corrected chi connectivity index (χ3v) is 2.50. The molecule has 0 radical (unpaired) electrons. The molecule has 92 valence electrons. The molecule has 4 nitrogen and oxygen atoms in total. The van der Waals surface area contributed by atoms with E-state index in [9.17, 15) is 13.6 Å². The fourth-order valence-corrected chi connectivity index (χ4v) is 1.75. The number of aryl methyl sites for hydroxylation is 1. The second kappa shape index (κ2) is 4.57. The van der Waals surface area contributed by atoms with Crippen molar-refractivity contribution in [3.05, 3.63) is 29.3 Å². The molecule has 1 fully saturated rings. The number of cyclic esters (lactones) is 1. The molecular formula is C11H11F2NO3. The standard InChI is InChI=1S/C11H11F2NO3/c1-6-3-2-4-7(9(6)17-10(12)13)8-5-16-11(15)14-8/h2-4,8,10H,5H2,1H3,(H,14,15). The minimum Gasteiger partial charge on any atom is -0.447 e. The van der Waals surface area contributed by atoms with Gasteiger partial charge >= 0.3 is 12.7 Å². The summed E-state index contributed by atoms with van der Waals surface area (Å²) in [5.41, 5.74) is 1.08. The quantitative estimate of drug-likeness (QED) is 0.886. The van der Waals surface area contributed by atoms with Crippen molar-refractivity contribution in [2.75, 3.05) is 6.61 Å². The average molecular weight is 243 g/mol. The number of hydrogen-bond acceptors (Lipinski definition) is 3. The fraction of sp³-hybridized carbons (Fsp3) is 0.364. The summed E-state index contributed by atoms with van der Waals surface area (Å²) in [4.78, 5) is 10.9. The van der Waals surface area contributed by atoms with Gasteiger partial charge in [-0.05, 0) is 12.5 Å². The SMILES string of the molecule is Cc1cccc(C2COC(=O)N2)c1OC(F)F. The van der Waals surface area contributed by atoms with Crippen LogP contribution in [0.4, 0.5) is 13.6 Å². The largest absolute Gasteiger partial charge is 0.447 e. The first-order valence-electron chi connectivity index (χ1n) is 5.05. The number of benzene rings is 1. The van der Waals surface area contributed by atoms with Crippen LogP contribution in [0.5, 0.6) is 5.75 Å². The van der Waals surface area contributed by atoms with Crippen LogP contribution in [0.2, 0.25) is 0 Å². The summed E-state index contributed by atoms with van der Waals surface area (Å²) < 4.78 is 33.8. The molecule has 1 amide bonds. The molecule has 1 atom stereocenters. The molecule has 1 aromatic rings. The highest BCUT2D eigenvalue weighted by Crippen LogP contribution is 2.31. The third-order valence-electron chi connectivity index (χ3n) is 2.50. The van der Waals surface area contributed by atoms with Crippen LogP contribution in [0, 0.1) is 6.92 Å². The molecule has 1 aliphatic rings. The summed E-state index contributed by atoms with van der Waals surface area (Å²) in [6.07, 6.45) is -0.556. The molecular weight excluding hydrogens is 232 g/mol. The Kier molecular flexibility index (Phi) is 3.12. The highest BCUT2D eigenvalue weighted by molar-refractivity contribution is 5.70. The molecule has 1 heterocycles. The molecule has 1 aliphatic heterocycles. The van der Waals surface area contributed by atoms with Gasteiger partial charge in [0.05, 0.1) is 6.04 Å². The number of nitrogens with one attached hydrogen (secondary N) is 1. The first-order chi connectivity index (χ1) is 8.08. The van der Waals surface area contributed by atoms with Crippen molar-refractivity contribution in [2.24, 2.45) is 0 Å². The molecule has 1 unspecified atom stereocenters. The predicted octanol–water partition coefficient (Wildman–Crippen LogP) is 2.38. The van der Waals surface area contributed by atoms with Crippen LogP contribution in [0.15, 0.2) is 18.2 Å². The zero-order chi connectivity index (χ0) is 12.4. The van der Waals surface area contributed by atoms with Crippen LogP contribution in [-0.4, -0.2) is 19.3 Å². The van der Waals surface area contributed by atoms with Crippen molar-refractivity contribution in [3.63, 3.8) is 0 Å². The smallest absolute Gasteiger partial charge is 0.407 e. The number of alkyl halides is 2. The Labute approximate surface area is 96.5 Å². The maximum atomic E-state index is 12.3. The highest BCUT2D eigenvalue weighted by Gasteiger charge is 2.27. The van der Waals surface area contributed by atoms with E-state index < -0.39 is 18.7 Å². The summed E-state index contributed by atoms with van der Waals surface area (Å²) >= 11 is 0. The third kappa shape index (κ3) is 2.46. The van der Waals surface area contributed by atoms with Crippen LogP contribution in [0.25, 0.3) is 0 Å². The van der Waals surface area contributed by atoms with Crippen molar-refractivity contribution in [1.82, 2.24) is 5.32 Å². The van der Waals surface area contributed by atoms with Gasteiger partial charge in [-0.1, -0.05) is 18.2 Å². The van der Waals surface area contributed by atoms with Gasteiger partial charge in [-0.25, -0.2) is 4.79 Å². The number of ether oxygens (including phenoxy) is 2. The Hall–Kier alpha value is -1.85. The first-order valence-corrected chi connectivity index (χ1v) is 5.05. The van der Waals surface area contributed by atoms with Crippen molar-refractivity contribution in [3.8, 4) is 5.75 Å². The second-order valence-corrected chi connectivity index (χ2v) is 3.67. The Bertz CT molecular complexity index is 437. The fourth-order valence-electron chi connectivity index (χ4n) is 1.75. The topological polar surface area (TPSA) is 47.6 Å². The molecule has 1 N–H and O–H groups in total. The molecule has 0 saturated carbocycles. The van der Waals surface area contributed by atoms with Crippen LogP contribution >= 0.6 is 0 Å². The van der Waals surface area contributed by atoms with E-state index >= 15 is 0 Å². The van der Waals surface area contributed by atoms with E-state index in [0.29, 0.717) is 11.1 Å². The van der Waals surface area contributed by atoms with E-state index in [1.165, 1.54) is 0 Å². The van der Waals surface area contributed by atoms with E-state index in [1.807, 2.05) is 0 Å². The van der Waals surface area contributed by atoms with Crippen LogP contribution in [0.3, 0.4) is 0 Å². The van der Waals surface area contributed by atoms with Gasteiger partial charge in [0.1, 0.15) is 12.4 Å². The summed E-state index contributed by atoms with van der Waals surface area (Å²) in [6.45, 7) is -1.12. The lowest BCUT2D eigenvalue weighted by atomic mass is 10.0. The monoisotopic (exact) mass is 243 g/mol. The number of carbonyl (C=O) groups excluding carboxylic acids is 1. The lowest BCUT2D eigenvalue weighted by Gasteiger charge is -2.16. The molecule has 2 rings (SSSR count). The summed E-state index contributed by atoms with van der Waals surface area (Å²) in [6, 6.07) is 4.56. The molecule has 0 aliphatic carbocycles. The van der Waals surface area contributed by atoms with E-state index in [-0.39, 0.29) is 12.4 Å². The Morgan fingerprint density at radius 3 is 2.88 bits per heavy atom. The van der Waals surface area contributed by atoms with E-state index in [0.717, 1.165) is 0 Å². The Morgan fingerprint density at radius 1 is 1.53 bits per heavy atom. The number of carbonyl (C=O) groups is 1. The Balaban J connectivity index is 2.32. The molecule has 0 aromatic heterocycles. The minimum atomic E-state index is -2.90. The van der Waals surface area contributed by atoms with Gasteiger partial charge in [-0.2, -0.15) is 8.78 Å². The number of rotatable bonds is 3. The van der Waals surface area contributed by atoms with Gasteiger partial charge in [0.25, 0.3) is 0 Å². The first kappa shape index (κ1) is 11.6. The van der Waals surface area contributed by atoms with Crippen LogP contribution in [0.1, 0.15) is 17.2 Å². The van der Waals surface area contributed by atoms with Gasteiger partial charge < -0.3 is 14.8 Å². The lowest BCUT2D eigenvalue weighted by molar-refractivity contribution is -0.0511. The van der Waals surface area contributed by atoms with Crippen LogP contribution in [-0.2, 0) is 4.74 Å². The number of para-hydroxylation sites is 1. The minimum absolute atomic E-state index is 0.0956. The maximum Gasteiger partial charge on any atom is 0.407 e. The summed E-state index contributed by atoms with van der Waals surface area (Å²) in [5, 5.41) is 2.52. The van der Waals surface area contributed by atoms with Crippen molar-refractivity contribution >= 4 is 6.09 Å². The van der Waals surface area contributed by atoms with Gasteiger partial charge in [0.15, 0.2) is 0 Å². The van der Waals surface area contributed by atoms with Gasteiger partial charge in [0, 0.05) is 5.56 Å². The van der Waals surface area contributed by atoms with Crippen molar-refractivity contribution in [2.45, 2.75) is 19.6 Å². The van der Waals surface area contributed by atoms with E-state index in [1.54, 1.807) is 25.1 Å². The lowest BCUT2D eigenvalue weighted by Crippen LogP contribution is -2.20. The molecule has 0 bridgehead atoms. The Morgan fingerprint density at radius 2 is 2.29 bits per heavy atom. The number of hydrogen-bond donors (Lipinski definition) is 1. The summed E-state index contributed by atoms with van der Waals surface area (Å²) in [5.74, 6) is 0.0956. The zero-order valence-corrected chi connectivity index (χ0v) is 9.07. The van der Waals surface area contributed by atoms with Crippen molar-refractivity contribution in [1.29, 1.82) is 0 Å². The molecule has 0 spiro atoms. The average Bonchev–Trinajstić information content (AvgIpc) is 2.67. The van der Waals surface area contributed by atoms with Crippen LogP contribution < -0.4 is 10.1 Å². The number of amides is 1. The summed E-state index contributed by atoms with van der Waals surface area (Å²) in [7, 11) is 0. The second-order valence-electron chi connectivity index (χ2n) is 3.67. The van der Waals surface area contributed by atoms with E-state index in [4.69, 9.17) is 4.74 Å². The normalized spacial score (nSPS) is 19.1. The molecule has 1 saturated heterocycles. The van der Waals surface area contributed by atoms with E-state index in [2.05, 4.69) is 10.1 Å². The zero-order valence-electron chi connectivity index (χ0n) is 9.07. The number of halogens is 2. The number of alkyl carbamates (subject to hydrolysis) is 1. The van der Waals surface area contributed by atoms with Gasteiger partial charge in [-0.3, -0.25) is 0 Å². The predicted molar refractivity (Wildman–Crippen MR) is 55.0 cm³/mol. The molecule has 1 aromatic carbocycles. The highest BCUT2D eigenvalue weighted by atomic mass is 19.3. The van der Waals surface area contributed by atoms with Crippen molar-refractivity contribution < 1.29 is 23.0 Å². The van der Waals surface area contributed by atoms with Gasteiger partial charge in [-0.15, -0.1) is 0 Å². The molecule has 6 heteroatoms. The molecule has 17 heavy (non-hydrogen) atoms. The van der Waals surface area contributed by atoms with Gasteiger partial charge in [0.2, 0.25) is 0 Å². The maximum absolute atomic E-state index is 12.3.